The molecule has 1 saturated carbocycles. The number of hydrogen-bond acceptors (Lipinski definition) is 5. The molecule has 7 heteroatoms. The van der Waals surface area contributed by atoms with E-state index in [1.807, 2.05) is 72.7 Å². The lowest BCUT2D eigenvalue weighted by atomic mass is 9.62. The van der Waals surface area contributed by atoms with Crippen molar-refractivity contribution >= 4 is 18.7 Å². The van der Waals surface area contributed by atoms with Crippen LogP contribution >= 0.6 is 0 Å². The maximum atomic E-state index is 12.4. The predicted octanol–water partition coefficient (Wildman–Crippen LogP) is 3.25. The van der Waals surface area contributed by atoms with Gasteiger partial charge in [0.05, 0.1) is 22.3 Å². The van der Waals surface area contributed by atoms with Gasteiger partial charge in [-0.15, -0.1) is 0 Å². The monoisotopic (exact) mass is 403 g/mol. The maximum Gasteiger partial charge on any atom is 0.494 e. The number of rotatable bonds is 3. The van der Waals surface area contributed by atoms with Crippen molar-refractivity contribution < 1.29 is 23.9 Å². The average molecular weight is 403 g/mol. The molecule has 0 atom stereocenters. The van der Waals surface area contributed by atoms with E-state index in [0.29, 0.717) is 12.8 Å². The topological polar surface area (TPSA) is 77.0 Å². The van der Waals surface area contributed by atoms with E-state index in [-0.39, 0.29) is 0 Å². The highest BCUT2D eigenvalue weighted by Crippen LogP contribution is 2.48. The van der Waals surface area contributed by atoms with Gasteiger partial charge in [0.2, 0.25) is 0 Å². The maximum absolute atomic E-state index is 12.4. The van der Waals surface area contributed by atoms with Crippen LogP contribution in [-0.2, 0) is 19.6 Å². The fourth-order valence-electron chi connectivity index (χ4n) is 4.05. The molecule has 1 aromatic rings. The van der Waals surface area contributed by atoms with Gasteiger partial charge in [0.15, 0.2) is 0 Å². The van der Waals surface area contributed by atoms with Gasteiger partial charge in [-0.2, -0.15) is 0 Å². The molecule has 1 heterocycles. The van der Waals surface area contributed by atoms with Gasteiger partial charge < -0.3 is 24.5 Å². The molecular formula is C22H34BNO5. The molecule has 0 aromatic heterocycles. The molecule has 1 saturated heterocycles. The van der Waals surface area contributed by atoms with Crippen molar-refractivity contribution in [2.75, 3.05) is 0 Å². The first-order valence-corrected chi connectivity index (χ1v) is 10.2. The Bertz CT molecular complexity index is 755. The Hall–Kier alpha value is -1.57. The molecule has 2 fully saturated rings. The van der Waals surface area contributed by atoms with Gasteiger partial charge in [-0.25, -0.2) is 4.79 Å². The second kappa shape index (κ2) is 6.72. The molecule has 0 bridgehead atoms. The highest BCUT2D eigenvalue weighted by atomic mass is 16.7. The van der Waals surface area contributed by atoms with E-state index in [0.717, 1.165) is 11.0 Å². The summed E-state index contributed by atoms with van der Waals surface area (Å²) in [5.41, 5.74) is -1.01. The van der Waals surface area contributed by atoms with E-state index < -0.39 is 41.2 Å². The normalized spacial score (nSPS) is 30.6. The van der Waals surface area contributed by atoms with Gasteiger partial charge in [0.1, 0.15) is 5.60 Å². The third kappa shape index (κ3) is 4.47. The minimum atomic E-state index is -0.820. The summed E-state index contributed by atoms with van der Waals surface area (Å²) < 4.78 is 17.7. The zero-order valence-corrected chi connectivity index (χ0v) is 18.9. The zero-order chi connectivity index (χ0) is 21.9. The first-order valence-electron chi connectivity index (χ1n) is 10.2. The van der Waals surface area contributed by atoms with E-state index in [9.17, 15) is 9.90 Å². The summed E-state index contributed by atoms with van der Waals surface area (Å²) in [6, 6.07) is 7.85. The van der Waals surface area contributed by atoms with Crippen LogP contribution in [0.3, 0.4) is 0 Å². The number of carbonyl (C=O) groups excluding carboxylic acids is 1. The van der Waals surface area contributed by atoms with Crippen molar-refractivity contribution in [3.05, 3.63) is 29.8 Å². The summed E-state index contributed by atoms with van der Waals surface area (Å²) >= 11 is 0. The van der Waals surface area contributed by atoms with Gasteiger partial charge in [-0.3, -0.25) is 0 Å². The van der Waals surface area contributed by atoms with Crippen LogP contribution in [0.1, 0.15) is 73.8 Å². The molecule has 1 aliphatic heterocycles. The van der Waals surface area contributed by atoms with E-state index >= 15 is 0 Å². The predicted molar refractivity (Wildman–Crippen MR) is 113 cm³/mol. The molecular weight excluding hydrogens is 369 g/mol. The van der Waals surface area contributed by atoms with Crippen LogP contribution in [0.5, 0.6) is 0 Å². The van der Waals surface area contributed by atoms with E-state index in [1.54, 1.807) is 6.92 Å². The lowest BCUT2D eigenvalue weighted by Crippen LogP contribution is -2.62. The second-order valence-electron chi connectivity index (χ2n) is 10.8. The first-order chi connectivity index (χ1) is 13.0. The van der Waals surface area contributed by atoms with Crippen molar-refractivity contribution in [3.63, 3.8) is 0 Å². The highest BCUT2D eigenvalue weighted by Gasteiger charge is 2.54. The fraction of sp³-hybridized carbons (Fsp3) is 0.682. The van der Waals surface area contributed by atoms with E-state index in [2.05, 4.69) is 5.32 Å². The third-order valence-electron chi connectivity index (χ3n) is 6.09. The zero-order valence-electron chi connectivity index (χ0n) is 18.9. The van der Waals surface area contributed by atoms with E-state index in [4.69, 9.17) is 14.0 Å². The quantitative estimate of drug-likeness (QED) is 0.758. The van der Waals surface area contributed by atoms with Crippen molar-refractivity contribution in [1.29, 1.82) is 0 Å². The number of alkyl carbamates (subject to hydrolysis) is 1. The van der Waals surface area contributed by atoms with Crippen molar-refractivity contribution in [2.24, 2.45) is 0 Å². The Morgan fingerprint density at radius 2 is 1.52 bits per heavy atom. The Kier molecular flexibility index (Phi) is 5.13. The van der Waals surface area contributed by atoms with Crippen LogP contribution in [0, 0.1) is 0 Å². The molecule has 3 rings (SSSR count). The molecule has 0 unspecified atom stereocenters. The minimum absolute atomic E-state index is 0.400. The number of carbonyl (C=O) groups is 1. The smallest absolute Gasteiger partial charge is 0.444 e. The Labute approximate surface area is 174 Å². The van der Waals surface area contributed by atoms with Crippen molar-refractivity contribution in [3.8, 4) is 0 Å². The molecule has 1 aromatic carbocycles. The Morgan fingerprint density at radius 3 is 1.93 bits per heavy atom. The van der Waals surface area contributed by atoms with Crippen molar-refractivity contribution in [2.45, 2.75) is 96.2 Å². The highest BCUT2D eigenvalue weighted by molar-refractivity contribution is 6.62. The van der Waals surface area contributed by atoms with Crippen LogP contribution in [-0.4, -0.2) is 40.7 Å². The van der Waals surface area contributed by atoms with Crippen LogP contribution in [0.15, 0.2) is 24.3 Å². The molecule has 6 nitrogen and oxygen atoms in total. The molecule has 29 heavy (non-hydrogen) atoms. The SMILES string of the molecule is CC(C)(C)OC(=O)N[C@]1(c2ccc(B3OC(C)(C)C(C)(C)O3)cc2)C[C@](C)(O)C1. The lowest BCUT2D eigenvalue weighted by Gasteiger charge is -2.52. The van der Waals surface area contributed by atoms with Crippen molar-refractivity contribution in [1.82, 2.24) is 5.32 Å². The number of aliphatic hydroxyl groups is 1. The summed E-state index contributed by atoms with van der Waals surface area (Å²) in [5.74, 6) is 0. The third-order valence-corrected chi connectivity index (χ3v) is 6.09. The first kappa shape index (κ1) is 22.1. The molecule has 160 valence electrons. The summed E-state index contributed by atoms with van der Waals surface area (Å²) in [6.45, 7) is 15.4. The van der Waals surface area contributed by atoms with Gasteiger partial charge in [-0.05, 0) is 66.4 Å². The van der Waals surface area contributed by atoms with Gasteiger partial charge in [0, 0.05) is 12.8 Å². The molecule has 2 aliphatic rings. The van der Waals surface area contributed by atoms with Crippen LogP contribution < -0.4 is 10.8 Å². The number of hydrogen-bond donors (Lipinski definition) is 2. The van der Waals surface area contributed by atoms with Gasteiger partial charge in [0.25, 0.3) is 0 Å². The van der Waals surface area contributed by atoms with Crippen LogP contribution in [0.2, 0.25) is 0 Å². The molecule has 1 amide bonds. The summed E-state index contributed by atoms with van der Waals surface area (Å²) in [5, 5.41) is 13.4. The summed E-state index contributed by atoms with van der Waals surface area (Å²) in [4.78, 5) is 12.4. The lowest BCUT2D eigenvalue weighted by molar-refractivity contribution is -0.0892. The minimum Gasteiger partial charge on any atom is -0.444 e. The summed E-state index contributed by atoms with van der Waals surface area (Å²) in [7, 11) is -0.437. The molecule has 0 spiro atoms. The largest absolute Gasteiger partial charge is 0.494 e. The fourth-order valence-corrected chi connectivity index (χ4v) is 4.05. The van der Waals surface area contributed by atoms with Gasteiger partial charge in [-0.1, -0.05) is 24.3 Å². The second-order valence-corrected chi connectivity index (χ2v) is 10.8. The average Bonchev–Trinajstić information content (AvgIpc) is 2.71. The van der Waals surface area contributed by atoms with Crippen LogP contribution in [0.25, 0.3) is 0 Å². The number of nitrogens with one attached hydrogen (secondary N) is 1. The van der Waals surface area contributed by atoms with Gasteiger partial charge >= 0.3 is 13.2 Å². The number of ether oxygens (including phenoxy) is 1. The summed E-state index contributed by atoms with van der Waals surface area (Å²) in [6.07, 6.45) is 0.368. The Balaban J connectivity index is 1.79. The Morgan fingerprint density at radius 1 is 1.03 bits per heavy atom. The van der Waals surface area contributed by atoms with Crippen LogP contribution in [0.4, 0.5) is 4.79 Å². The standard InChI is InChI=1S/C22H34BNO5/c1-18(2,3)27-17(25)24-22(13-21(8,26)14-22)15-9-11-16(12-10-15)23-28-19(4,5)20(6,7)29-23/h9-12,26H,13-14H2,1-8H3,(H,24,25)/t21-,22+. The number of amides is 1. The molecule has 1 aliphatic carbocycles. The molecule has 0 radical (unpaired) electrons. The number of benzene rings is 1. The molecule has 2 N–H and O–H groups in total. The van der Waals surface area contributed by atoms with E-state index in [1.165, 1.54) is 0 Å².